The molecule has 0 heterocycles. The summed E-state index contributed by atoms with van der Waals surface area (Å²) in [6.45, 7) is 9.06. The van der Waals surface area contributed by atoms with Crippen molar-refractivity contribution in [2.24, 2.45) is 0 Å². The van der Waals surface area contributed by atoms with Gasteiger partial charge in [0.05, 0.1) is 5.60 Å². The van der Waals surface area contributed by atoms with E-state index >= 15 is 0 Å². The van der Waals surface area contributed by atoms with Crippen LogP contribution in [-0.4, -0.2) is 24.7 Å². The molecule has 1 N–H and O–H groups in total. The lowest BCUT2D eigenvalue weighted by atomic mass is 10.1. The molecular weight excluding hydrogens is 238 g/mol. The zero-order valence-electron chi connectivity index (χ0n) is 13.4. The summed E-state index contributed by atoms with van der Waals surface area (Å²) in [6.07, 6.45) is 10.3. The van der Waals surface area contributed by atoms with Gasteiger partial charge in [0.25, 0.3) is 0 Å². The summed E-state index contributed by atoms with van der Waals surface area (Å²) in [7, 11) is 0. The summed E-state index contributed by atoms with van der Waals surface area (Å²) >= 11 is 0. The molecule has 0 aliphatic carbocycles. The predicted octanol–water partition coefficient (Wildman–Crippen LogP) is 4.06. The molecule has 0 aliphatic heterocycles. The van der Waals surface area contributed by atoms with Crippen LogP contribution >= 0.6 is 0 Å². The summed E-state index contributed by atoms with van der Waals surface area (Å²) in [4.78, 5) is 11.5. The quantitative estimate of drug-likeness (QED) is 0.576. The molecule has 0 aromatic carbocycles. The van der Waals surface area contributed by atoms with Crippen LogP contribution in [0.5, 0.6) is 0 Å². The smallest absolute Gasteiger partial charge is 0.246 e. The Morgan fingerprint density at radius 2 is 1.47 bits per heavy atom. The molecule has 114 valence electrons. The molecule has 3 heteroatoms. The van der Waals surface area contributed by atoms with Crippen molar-refractivity contribution in [3.05, 3.63) is 0 Å². The zero-order valence-corrected chi connectivity index (χ0v) is 13.4. The Morgan fingerprint density at radius 3 is 2.00 bits per heavy atom. The number of unbranched alkanes of at least 4 members (excludes halogenated alkanes) is 7. The average Bonchev–Trinajstić information content (AvgIpc) is 2.33. The van der Waals surface area contributed by atoms with Crippen molar-refractivity contribution in [1.29, 1.82) is 0 Å². The van der Waals surface area contributed by atoms with Crippen molar-refractivity contribution in [1.82, 2.24) is 5.32 Å². The molecule has 0 spiro atoms. The molecule has 0 fully saturated rings. The van der Waals surface area contributed by atoms with Gasteiger partial charge in [-0.05, 0) is 27.2 Å². The van der Waals surface area contributed by atoms with E-state index in [2.05, 4.69) is 12.2 Å². The van der Waals surface area contributed by atoms with E-state index in [0.717, 1.165) is 13.0 Å². The van der Waals surface area contributed by atoms with E-state index in [1.165, 1.54) is 44.9 Å². The van der Waals surface area contributed by atoms with Crippen LogP contribution in [0.4, 0.5) is 0 Å². The minimum Gasteiger partial charge on any atom is -0.366 e. The van der Waals surface area contributed by atoms with Crippen LogP contribution in [0.2, 0.25) is 0 Å². The van der Waals surface area contributed by atoms with E-state index in [0.29, 0.717) is 0 Å². The van der Waals surface area contributed by atoms with Crippen LogP contribution in [0.25, 0.3) is 0 Å². The van der Waals surface area contributed by atoms with Gasteiger partial charge in [0.2, 0.25) is 5.91 Å². The second kappa shape index (κ2) is 11.3. The predicted molar refractivity (Wildman–Crippen MR) is 81.3 cm³/mol. The standard InChI is InChI=1S/C16H33NO2/c1-5-6-7-8-9-10-11-12-13-17-15(18)14-19-16(2,3)4/h5-14H2,1-4H3,(H,17,18). The van der Waals surface area contributed by atoms with E-state index in [4.69, 9.17) is 4.74 Å². The van der Waals surface area contributed by atoms with Crippen LogP contribution in [0, 0.1) is 0 Å². The Bertz CT molecular complexity index is 221. The van der Waals surface area contributed by atoms with Crippen LogP contribution in [0.15, 0.2) is 0 Å². The van der Waals surface area contributed by atoms with Gasteiger partial charge in [0.15, 0.2) is 0 Å². The van der Waals surface area contributed by atoms with Crippen LogP contribution in [0.3, 0.4) is 0 Å². The van der Waals surface area contributed by atoms with Gasteiger partial charge in [-0.25, -0.2) is 0 Å². The Balaban J connectivity index is 3.23. The van der Waals surface area contributed by atoms with Crippen LogP contribution in [-0.2, 0) is 9.53 Å². The molecule has 0 saturated heterocycles. The minimum absolute atomic E-state index is 0.00197. The van der Waals surface area contributed by atoms with Gasteiger partial charge in [-0.15, -0.1) is 0 Å². The molecule has 0 atom stereocenters. The fourth-order valence-corrected chi connectivity index (χ4v) is 1.82. The highest BCUT2D eigenvalue weighted by Crippen LogP contribution is 2.08. The zero-order chi connectivity index (χ0) is 14.6. The molecule has 0 unspecified atom stereocenters. The van der Waals surface area contributed by atoms with Crippen molar-refractivity contribution < 1.29 is 9.53 Å². The van der Waals surface area contributed by atoms with Crippen molar-refractivity contribution in [2.75, 3.05) is 13.2 Å². The highest BCUT2D eigenvalue weighted by Gasteiger charge is 2.12. The first-order chi connectivity index (χ1) is 8.95. The van der Waals surface area contributed by atoms with Crippen molar-refractivity contribution in [3.8, 4) is 0 Å². The fourth-order valence-electron chi connectivity index (χ4n) is 1.82. The third kappa shape index (κ3) is 15.4. The topological polar surface area (TPSA) is 38.3 Å². The summed E-state index contributed by atoms with van der Waals surface area (Å²) in [6, 6.07) is 0. The maximum Gasteiger partial charge on any atom is 0.246 e. The molecule has 0 bridgehead atoms. The van der Waals surface area contributed by atoms with Gasteiger partial charge in [-0.3, -0.25) is 4.79 Å². The Hall–Kier alpha value is -0.570. The highest BCUT2D eigenvalue weighted by molar-refractivity contribution is 5.77. The van der Waals surface area contributed by atoms with E-state index < -0.39 is 0 Å². The molecule has 19 heavy (non-hydrogen) atoms. The number of hydrogen-bond acceptors (Lipinski definition) is 2. The molecule has 1 amide bonds. The number of amides is 1. The van der Waals surface area contributed by atoms with E-state index in [-0.39, 0.29) is 18.1 Å². The van der Waals surface area contributed by atoms with Crippen molar-refractivity contribution in [2.45, 2.75) is 84.7 Å². The van der Waals surface area contributed by atoms with Crippen LogP contribution in [0.1, 0.15) is 79.1 Å². The third-order valence-corrected chi connectivity index (χ3v) is 2.99. The number of rotatable bonds is 11. The summed E-state index contributed by atoms with van der Waals surface area (Å²) in [5, 5.41) is 2.90. The number of carbonyl (C=O) groups excluding carboxylic acids is 1. The Morgan fingerprint density at radius 1 is 0.947 bits per heavy atom. The first kappa shape index (κ1) is 18.4. The lowest BCUT2D eigenvalue weighted by Crippen LogP contribution is -2.32. The van der Waals surface area contributed by atoms with Crippen molar-refractivity contribution in [3.63, 3.8) is 0 Å². The highest BCUT2D eigenvalue weighted by atomic mass is 16.5. The molecule has 3 nitrogen and oxygen atoms in total. The minimum atomic E-state index is -0.240. The number of ether oxygens (including phenoxy) is 1. The monoisotopic (exact) mass is 271 g/mol. The normalized spacial score (nSPS) is 11.6. The SMILES string of the molecule is CCCCCCCCCCNC(=O)COC(C)(C)C. The van der Waals surface area contributed by atoms with Gasteiger partial charge in [-0.2, -0.15) is 0 Å². The molecule has 0 aromatic heterocycles. The number of nitrogens with one attached hydrogen (secondary N) is 1. The number of carbonyl (C=O) groups is 1. The van der Waals surface area contributed by atoms with Gasteiger partial charge >= 0.3 is 0 Å². The maximum atomic E-state index is 11.5. The molecule has 0 aliphatic rings. The molecule has 0 radical (unpaired) electrons. The first-order valence-electron chi connectivity index (χ1n) is 7.86. The lowest BCUT2D eigenvalue weighted by Gasteiger charge is -2.18. The van der Waals surface area contributed by atoms with E-state index in [1.807, 2.05) is 20.8 Å². The van der Waals surface area contributed by atoms with Gasteiger partial charge < -0.3 is 10.1 Å². The average molecular weight is 271 g/mol. The molecule has 0 rings (SSSR count). The molecule has 0 saturated carbocycles. The fraction of sp³-hybridized carbons (Fsp3) is 0.938. The van der Waals surface area contributed by atoms with E-state index in [9.17, 15) is 4.79 Å². The lowest BCUT2D eigenvalue weighted by molar-refractivity contribution is -0.130. The number of hydrogen-bond donors (Lipinski definition) is 1. The summed E-state index contributed by atoms with van der Waals surface area (Å²) < 4.78 is 5.41. The van der Waals surface area contributed by atoms with Gasteiger partial charge in [0.1, 0.15) is 6.61 Å². The Kier molecular flexibility index (Phi) is 10.9. The van der Waals surface area contributed by atoms with Crippen molar-refractivity contribution >= 4 is 5.91 Å². The molecule has 0 aromatic rings. The third-order valence-electron chi connectivity index (χ3n) is 2.99. The van der Waals surface area contributed by atoms with E-state index in [1.54, 1.807) is 0 Å². The second-order valence-electron chi connectivity index (χ2n) is 6.23. The summed E-state index contributed by atoms with van der Waals surface area (Å²) in [5.41, 5.74) is -0.240. The van der Waals surface area contributed by atoms with Crippen LogP contribution < -0.4 is 5.32 Å². The Labute approximate surface area is 119 Å². The summed E-state index contributed by atoms with van der Waals surface area (Å²) in [5.74, 6) is -0.00197. The largest absolute Gasteiger partial charge is 0.366 e. The maximum absolute atomic E-state index is 11.5. The molecular formula is C16H33NO2. The first-order valence-corrected chi connectivity index (χ1v) is 7.86. The van der Waals surface area contributed by atoms with Gasteiger partial charge in [0, 0.05) is 6.54 Å². The second-order valence-corrected chi connectivity index (χ2v) is 6.23. The van der Waals surface area contributed by atoms with Gasteiger partial charge in [-0.1, -0.05) is 51.9 Å².